The van der Waals surface area contributed by atoms with Crippen molar-refractivity contribution in [1.29, 1.82) is 0 Å². The fraction of sp³-hybridized carbons (Fsp3) is 0.143. The third-order valence-corrected chi connectivity index (χ3v) is 4.66. The van der Waals surface area contributed by atoms with Crippen LogP contribution in [0.25, 0.3) is 0 Å². The molecule has 0 radical (unpaired) electrons. The van der Waals surface area contributed by atoms with Crippen LogP contribution >= 0.6 is 0 Å². The minimum atomic E-state index is -5.85. The van der Waals surface area contributed by atoms with Crippen LogP contribution in [0.2, 0.25) is 0 Å². The summed E-state index contributed by atoms with van der Waals surface area (Å²) in [5.74, 6) is -15.5. The van der Waals surface area contributed by atoms with Crippen LogP contribution in [0.3, 0.4) is 0 Å². The van der Waals surface area contributed by atoms with Crippen LogP contribution in [0.1, 0.15) is 16.7 Å². The van der Waals surface area contributed by atoms with Gasteiger partial charge >= 0.3 is 18.5 Å². The van der Waals surface area contributed by atoms with Gasteiger partial charge in [0.15, 0.2) is 11.5 Å². The molecule has 0 saturated heterocycles. The number of ether oxygens (including phenoxy) is 2. The van der Waals surface area contributed by atoms with E-state index in [4.69, 9.17) is 11.5 Å². The Morgan fingerprint density at radius 1 is 0.500 bits per heavy atom. The maximum Gasteiger partial charge on any atom is 0.422 e. The molecule has 206 valence electrons. The fourth-order valence-electron chi connectivity index (χ4n) is 2.99. The van der Waals surface area contributed by atoms with Gasteiger partial charge in [-0.3, -0.25) is 0 Å². The average Bonchev–Trinajstić information content (AvgIpc) is 2.73. The monoisotopic (exact) mass is 568 g/mol. The molecule has 0 aliphatic heterocycles. The van der Waals surface area contributed by atoms with E-state index in [-0.39, 0.29) is 30.3 Å². The molecular weight excluding hydrogens is 559 g/mol. The highest BCUT2D eigenvalue weighted by atomic mass is 19.4. The third-order valence-electron chi connectivity index (χ3n) is 4.66. The Bertz CT molecular complexity index is 1400. The molecule has 3 aromatic rings. The molecule has 0 spiro atoms. The summed E-state index contributed by atoms with van der Waals surface area (Å²) in [5, 5.41) is 0. The van der Waals surface area contributed by atoms with Gasteiger partial charge in [0.1, 0.15) is 45.6 Å². The van der Waals surface area contributed by atoms with Crippen molar-refractivity contribution in [2.24, 2.45) is 0 Å². The number of halogens is 13. The molecule has 0 aliphatic carbocycles. The Morgan fingerprint density at radius 2 is 0.921 bits per heavy atom. The summed E-state index contributed by atoms with van der Waals surface area (Å²) in [5.41, 5.74) is 1.44. The van der Waals surface area contributed by atoms with Gasteiger partial charge in [0, 0.05) is 18.2 Å². The van der Waals surface area contributed by atoms with Crippen molar-refractivity contribution < 1.29 is 66.5 Å². The van der Waals surface area contributed by atoms with E-state index in [1.54, 1.807) is 0 Å². The second-order valence-electron chi connectivity index (χ2n) is 7.31. The fourth-order valence-corrected chi connectivity index (χ4v) is 2.99. The largest absolute Gasteiger partial charge is 0.453 e. The lowest BCUT2D eigenvalue weighted by Crippen LogP contribution is -2.15. The average molecular weight is 568 g/mol. The van der Waals surface area contributed by atoms with E-state index < -0.39 is 92.9 Å². The molecular formula is C21H9F13N2O2. The number of hydrogen-bond donors (Lipinski definition) is 2. The number of anilines is 2. The van der Waals surface area contributed by atoms with E-state index in [9.17, 15) is 52.7 Å². The summed E-state index contributed by atoms with van der Waals surface area (Å²) in [6.07, 6.45) is -16.8. The lowest BCUT2D eigenvalue weighted by Gasteiger charge is -2.21. The van der Waals surface area contributed by atoms with Gasteiger partial charge in [-0.1, -0.05) is 0 Å². The van der Waals surface area contributed by atoms with Crippen LogP contribution in [0, 0.1) is 23.3 Å². The molecule has 4 nitrogen and oxygen atoms in total. The normalized spacial score (nSPS) is 12.6. The number of nitrogens with two attached hydrogens (primary N) is 2. The summed E-state index contributed by atoms with van der Waals surface area (Å²) in [6.45, 7) is 0. The molecule has 38 heavy (non-hydrogen) atoms. The predicted molar refractivity (Wildman–Crippen MR) is 103 cm³/mol. The van der Waals surface area contributed by atoms with Gasteiger partial charge in [-0.05, 0) is 12.1 Å². The number of rotatable bonds is 4. The first-order valence-corrected chi connectivity index (χ1v) is 9.49. The zero-order valence-corrected chi connectivity index (χ0v) is 17.8. The predicted octanol–water partition coefficient (Wildman–Crippen LogP) is 8.05. The molecule has 3 aromatic carbocycles. The highest BCUT2D eigenvalue weighted by molar-refractivity contribution is 5.56. The van der Waals surface area contributed by atoms with Gasteiger partial charge in [-0.2, -0.15) is 43.9 Å². The van der Waals surface area contributed by atoms with Crippen LogP contribution in [0.5, 0.6) is 23.0 Å². The first-order valence-electron chi connectivity index (χ1n) is 9.49. The van der Waals surface area contributed by atoms with Crippen LogP contribution in [0.4, 0.5) is 68.5 Å². The van der Waals surface area contributed by atoms with Crippen molar-refractivity contribution in [3.63, 3.8) is 0 Å². The van der Waals surface area contributed by atoms with Crippen LogP contribution in [-0.2, 0) is 18.5 Å². The molecule has 0 bridgehead atoms. The summed E-state index contributed by atoms with van der Waals surface area (Å²) in [4.78, 5) is 0. The molecule has 0 aliphatic rings. The molecule has 0 aromatic heterocycles. The summed E-state index contributed by atoms with van der Waals surface area (Å²) >= 11 is 0. The second kappa shape index (κ2) is 9.36. The van der Waals surface area contributed by atoms with Gasteiger partial charge in [0.05, 0.1) is 11.4 Å². The molecule has 3 rings (SSSR count). The highest BCUT2D eigenvalue weighted by Crippen LogP contribution is 2.49. The Morgan fingerprint density at radius 3 is 1.32 bits per heavy atom. The number of nitrogen functional groups attached to an aromatic ring is 2. The smallest absolute Gasteiger partial charge is 0.422 e. The maximum atomic E-state index is 15.1. The maximum absolute atomic E-state index is 15.1. The molecule has 0 amide bonds. The van der Waals surface area contributed by atoms with Gasteiger partial charge in [0.25, 0.3) is 0 Å². The van der Waals surface area contributed by atoms with Gasteiger partial charge in [0.2, 0.25) is 5.82 Å². The van der Waals surface area contributed by atoms with E-state index in [0.29, 0.717) is 0 Å². The molecule has 0 saturated carbocycles. The molecule has 4 N–H and O–H groups in total. The standard InChI is InChI=1S/C21H9F13N2O2/c22-8-1-6(19(26,27)28)13(4-11(8)35)37-15-3-10(24)16(21(32,33)34)18(17(15)25)38-14-5-12(36)9(23)2-7(14)20(29,30)31/h1-5H,35-36H2. The SMILES string of the molecule is Nc1cc(Oc2cc(F)c(C(F)(F)F)c(Oc3cc(N)c(F)cc3C(F)(F)F)c2F)c(C(F)(F)F)cc1F. The van der Waals surface area contributed by atoms with E-state index in [0.717, 1.165) is 0 Å². The van der Waals surface area contributed by atoms with Crippen molar-refractivity contribution in [2.45, 2.75) is 18.5 Å². The Hall–Kier alpha value is -4.05. The molecule has 0 unspecified atom stereocenters. The van der Waals surface area contributed by atoms with Crippen molar-refractivity contribution in [2.75, 3.05) is 11.5 Å². The second-order valence-corrected chi connectivity index (χ2v) is 7.31. The molecule has 17 heteroatoms. The molecule has 0 heterocycles. The highest BCUT2D eigenvalue weighted by Gasteiger charge is 2.43. The number of benzene rings is 3. The topological polar surface area (TPSA) is 70.5 Å². The number of hydrogen-bond acceptors (Lipinski definition) is 4. The zero-order valence-electron chi connectivity index (χ0n) is 17.8. The van der Waals surface area contributed by atoms with Gasteiger partial charge in [-0.25, -0.2) is 13.2 Å². The summed E-state index contributed by atoms with van der Waals surface area (Å²) < 4.78 is 186. The van der Waals surface area contributed by atoms with E-state index in [2.05, 4.69) is 9.47 Å². The van der Waals surface area contributed by atoms with Crippen LogP contribution in [-0.4, -0.2) is 0 Å². The Kier molecular flexibility index (Phi) is 7.02. The lowest BCUT2D eigenvalue weighted by molar-refractivity contribution is -0.141. The summed E-state index contributed by atoms with van der Waals surface area (Å²) in [7, 11) is 0. The van der Waals surface area contributed by atoms with Crippen LogP contribution < -0.4 is 20.9 Å². The molecule has 0 fully saturated rings. The lowest BCUT2D eigenvalue weighted by atomic mass is 10.1. The van der Waals surface area contributed by atoms with E-state index in [1.165, 1.54) is 0 Å². The first-order chi connectivity index (χ1) is 17.2. The van der Waals surface area contributed by atoms with Crippen molar-refractivity contribution in [3.8, 4) is 23.0 Å². The quantitative estimate of drug-likeness (QED) is 0.247. The third kappa shape index (κ3) is 5.60. The summed E-state index contributed by atoms with van der Waals surface area (Å²) in [6, 6.07) is -0.725. The zero-order chi connectivity index (χ0) is 29.0. The minimum absolute atomic E-state index is 0.0195. The Balaban J connectivity index is 2.28. The van der Waals surface area contributed by atoms with Gasteiger partial charge < -0.3 is 20.9 Å². The first kappa shape index (κ1) is 28.5. The molecule has 0 atom stereocenters. The van der Waals surface area contributed by atoms with E-state index in [1.807, 2.05) is 0 Å². The Labute approximate surface area is 202 Å². The van der Waals surface area contributed by atoms with Gasteiger partial charge in [-0.15, -0.1) is 0 Å². The van der Waals surface area contributed by atoms with Crippen molar-refractivity contribution in [3.05, 3.63) is 70.3 Å². The van der Waals surface area contributed by atoms with Crippen LogP contribution in [0.15, 0.2) is 30.3 Å². The van der Waals surface area contributed by atoms with Crippen molar-refractivity contribution >= 4 is 11.4 Å². The van der Waals surface area contributed by atoms with E-state index >= 15 is 4.39 Å². The van der Waals surface area contributed by atoms with Crippen molar-refractivity contribution in [1.82, 2.24) is 0 Å². The minimum Gasteiger partial charge on any atom is -0.453 e. The number of alkyl halides is 9.